The standard InChI is InChI=1S/C24H24F3NO5/c1-15-21(23(29)33-12-10-31-3)19-14-18(32-11-9-30-2)7-8-20(19)28-22(15)16-5-4-6-17(13-16)24(25,26)27/h4-8,13-14H,9-12H2,1-3H3. The molecule has 3 rings (SSSR count). The van der Waals surface area contributed by atoms with Crippen LogP contribution in [0.25, 0.3) is 22.2 Å². The van der Waals surface area contributed by atoms with Crippen LogP contribution in [-0.4, -0.2) is 51.6 Å². The number of aromatic nitrogens is 1. The SMILES string of the molecule is COCCOC(=O)c1c(C)c(-c2cccc(C(F)(F)F)c2)nc2ccc(OCCOC)cc12. The number of hydrogen-bond donors (Lipinski definition) is 0. The fraction of sp³-hybridized carbons (Fsp3) is 0.333. The van der Waals surface area contributed by atoms with Gasteiger partial charge in [-0.3, -0.25) is 0 Å². The monoisotopic (exact) mass is 463 g/mol. The van der Waals surface area contributed by atoms with Crippen LogP contribution in [0.1, 0.15) is 21.5 Å². The Balaban J connectivity index is 2.15. The zero-order valence-corrected chi connectivity index (χ0v) is 18.5. The number of carbonyl (C=O) groups excluding carboxylic acids is 1. The molecule has 0 saturated heterocycles. The van der Waals surface area contributed by atoms with Gasteiger partial charge in [-0.25, -0.2) is 9.78 Å². The number of ether oxygens (including phenoxy) is 4. The molecule has 0 atom stereocenters. The van der Waals surface area contributed by atoms with Gasteiger partial charge in [0.25, 0.3) is 0 Å². The van der Waals surface area contributed by atoms with Gasteiger partial charge < -0.3 is 18.9 Å². The number of methoxy groups -OCH3 is 2. The smallest absolute Gasteiger partial charge is 0.416 e. The van der Waals surface area contributed by atoms with Gasteiger partial charge in [-0.2, -0.15) is 13.2 Å². The van der Waals surface area contributed by atoms with Gasteiger partial charge in [0.1, 0.15) is 19.0 Å². The third-order valence-electron chi connectivity index (χ3n) is 4.94. The molecule has 0 bridgehead atoms. The van der Waals surface area contributed by atoms with Crippen LogP contribution in [0.15, 0.2) is 42.5 Å². The lowest BCUT2D eigenvalue weighted by molar-refractivity contribution is -0.137. The number of carbonyl (C=O) groups is 1. The van der Waals surface area contributed by atoms with Gasteiger partial charge >= 0.3 is 12.1 Å². The molecule has 0 radical (unpaired) electrons. The van der Waals surface area contributed by atoms with Crippen LogP contribution in [0.5, 0.6) is 5.75 Å². The maximum atomic E-state index is 13.3. The van der Waals surface area contributed by atoms with Crippen LogP contribution < -0.4 is 4.74 Å². The topological polar surface area (TPSA) is 66.9 Å². The molecule has 2 aromatic carbocycles. The van der Waals surface area contributed by atoms with Crippen LogP contribution >= 0.6 is 0 Å². The van der Waals surface area contributed by atoms with E-state index in [0.29, 0.717) is 35.4 Å². The van der Waals surface area contributed by atoms with Crippen LogP contribution in [0, 0.1) is 6.92 Å². The van der Waals surface area contributed by atoms with Crippen LogP contribution in [-0.2, 0) is 20.4 Å². The Morgan fingerprint density at radius 3 is 2.39 bits per heavy atom. The van der Waals surface area contributed by atoms with Gasteiger partial charge in [-0.05, 0) is 42.8 Å². The Labute approximate surface area is 189 Å². The van der Waals surface area contributed by atoms with Crippen molar-refractivity contribution in [2.24, 2.45) is 0 Å². The lowest BCUT2D eigenvalue weighted by atomic mass is 9.96. The van der Waals surface area contributed by atoms with Gasteiger partial charge in [-0.1, -0.05) is 12.1 Å². The van der Waals surface area contributed by atoms with Crippen molar-refractivity contribution in [2.45, 2.75) is 13.1 Å². The van der Waals surface area contributed by atoms with E-state index in [4.69, 9.17) is 18.9 Å². The van der Waals surface area contributed by atoms with E-state index >= 15 is 0 Å². The van der Waals surface area contributed by atoms with E-state index < -0.39 is 17.7 Å². The maximum Gasteiger partial charge on any atom is 0.416 e. The van der Waals surface area contributed by atoms with E-state index in [9.17, 15) is 18.0 Å². The Kier molecular flexibility index (Phi) is 7.88. The molecule has 1 heterocycles. The Morgan fingerprint density at radius 1 is 0.970 bits per heavy atom. The summed E-state index contributed by atoms with van der Waals surface area (Å²) in [5.41, 5.74) is 0.744. The van der Waals surface area contributed by atoms with Crippen LogP contribution in [0.4, 0.5) is 13.2 Å². The first-order valence-corrected chi connectivity index (χ1v) is 10.2. The molecule has 6 nitrogen and oxygen atoms in total. The van der Waals surface area contributed by atoms with Gasteiger partial charge in [-0.15, -0.1) is 0 Å². The third kappa shape index (κ3) is 5.80. The highest BCUT2D eigenvalue weighted by Crippen LogP contribution is 2.35. The quantitative estimate of drug-likeness (QED) is 0.327. The Bertz CT molecular complexity index is 1130. The number of esters is 1. The normalized spacial score (nSPS) is 11.6. The van der Waals surface area contributed by atoms with Gasteiger partial charge in [0.2, 0.25) is 0 Å². The summed E-state index contributed by atoms with van der Waals surface area (Å²) in [6.45, 7) is 2.56. The molecule has 0 aliphatic rings. The molecule has 9 heteroatoms. The predicted molar refractivity (Wildman–Crippen MR) is 116 cm³/mol. The number of benzene rings is 2. The molecule has 0 aliphatic carbocycles. The first kappa shape index (κ1) is 24.5. The summed E-state index contributed by atoms with van der Waals surface area (Å²) in [4.78, 5) is 17.6. The highest BCUT2D eigenvalue weighted by Gasteiger charge is 2.31. The molecule has 3 aromatic rings. The molecule has 0 spiro atoms. The molecular formula is C24H24F3NO5. The minimum atomic E-state index is -4.50. The van der Waals surface area contributed by atoms with E-state index in [1.807, 2.05) is 0 Å². The van der Waals surface area contributed by atoms with Crippen molar-refractivity contribution < 1.29 is 36.9 Å². The molecule has 0 unspecified atom stereocenters. The fourth-order valence-electron chi connectivity index (χ4n) is 3.35. The second-order valence-corrected chi connectivity index (χ2v) is 7.19. The summed E-state index contributed by atoms with van der Waals surface area (Å²) >= 11 is 0. The molecule has 0 N–H and O–H groups in total. The number of rotatable bonds is 9. The number of nitrogens with zero attached hydrogens (tertiary/aromatic N) is 1. The number of hydrogen-bond acceptors (Lipinski definition) is 6. The molecule has 0 amide bonds. The van der Waals surface area contributed by atoms with E-state index in [1.54, 1.807) is 32.2 Å². The third-order valence-corrected chi connectivity index (χ3v) is 4.94. The summed E-state index contributed by atoms with van der Waals surface area (Å²) in [5, 5.41) is 0.473. The Morgan fingerprint density at radius 2 is 1.70 bits per heavy atom. The summed E-state index contributed by atoms with van der Waals surface area (Å²) in [5.74, 6) is -0.127. The predicted octanol–water partition coefficient (Wildman–Crippen LogP) is 5.06. The lowest BCUT2D eigenvalue weighted by Crippen LogP contribution is -2.13. The van der Waals surface area contributed by atoms with Crippen molar-refractivity contribution in [1.82, 2.24) is 4.98 Å². The molecule has 0 aliphatic heterocycles. The molecule has 176 valence electrons. The average molecular weight is 463 g/mol. The summed E-state index contributed by atoms with van der Waals surface area (Å²) in [6.07, 6.45) is -4.50. The number of fused-ring (bicyclic) bond motifs is 1. The highest BCUT2D eigenvalue weighted by atomic mass is 19.4. The van der Waals surface area contributed by atoms with Gasteiger partial charge in [0, 0.05) is 25.2 Å². The zero-order valence-electron chi connectivity index (χ0n) is 18.5. The summed E-state index contributed by atoms with van der Waals surface area (Å²) in [6, 6.07) is 9.84. The number of alkyl halides is 3. The van der Waals surface area contributed by atoms with Crippen molar-refractivity contribution in [2.75, 3.05) is 40.6 Å². The first-order chi connectivity index (χ1) is 15.8. The van der Waals surface area contributed by atoms with Crippen molar-refractivity contribution in [3.63, 3.8) is 0 Å². The van der Waals surface area contributed by atoms with Crippen molar-refractivity contribution in [3.8, 4) is 17.0 Å². The van der Waals surface area contributed by atoms with Crippen LogP contribution in [0.3, 0.4) is 0 Å². The maximum absolute atomic E-state index is 13.3. The van der Waals surface area contributed by atoms with Crippen molar-refractivity contribution in [1.29, 1.82) is 0 Å². The zero-order chi connectivity index (χ0) is 24.0. The second-order valence-electron chi connectivity index (χ2n) is 7.19. The minimum absolute atomic E-state index is 0.0293. The molecule has 1 aromatic heterocycles. The minimum Gasteiger partial charge on any atom is -0.491 e. The second kappa shape index (κ2) is 10.6. The molecular weight excluding hydrogens is 439 g/mol. The van der Waals surface area contributed by atoms with Crippen molar-refractivity contribution in [3.05, 3.63) is 59.2 Å². The van der Waals surface area contributed by atoms with Crippen LogP contribution in [0.2, 0.25) is 0 Å². The summed E-state index contributed by atoms with van der Waals surface area (Å²) in [7, 11) is 3.04. The van der Waals surface area contributed by atoms with E-state index in [0.717, 1.165) is 12.1 Å². The Hall–Kier alpha value is -3.17. The van der Waals surface area contributed by atoms with Gasteiger partial charge in [0.15, 0.2) is 0 Å². The molecule has 0 saturated carbocycles. The fourth-order valence-corrected chi connectivity index (χ4v) is 3.35. The number of halogens is 3. The number of pyridine rings is 1. The van der Waals surface area contributed by atoms with E-state index in [-0.39, 0.29) is 30.0 Å². The van der Waals surface area contributed by atoms with Gasteiger partial charge in [0.05, 0.1) is 35.6 Å². The van der Waals surface area contributed by atoms with Crippen molar-refractivity contribution >= 4 is 16.9 Å². The van der Waals surface area contributed by atoms with E-state index in [1.165, 1.54) is 19.2 Å². The largest absolute Gasteiger partial charge is 0.491 e. The first-order valence-electron chi connectivity index (χ1n) is 10.2. The highest BCUT2D eigenvalue weighted by molar-refractivity contribution is 6.06. The lowest BCUT2D eigenvalue weighted by Gasteiger charge is -2.16. The average Bonchev–Trinajstić information content (AvgIpc) is 2.78. The molecule has 33 heavy (non-hydrogen) atoms. The summed E-state index contributed by atoms with van der Waals surface area (Å²) < 4.78 is 60.7. The van der Waals surface area contributed by atoms with E-state index in [2.05, 4.69) is 4.98 Å². The molecule has 0 fully saturated rings.